The highest BCUT2D eigenvalue weighted by Crippen LogP contribution is 2.47. The van der Waals surface area contributed by atoms with Gasteiger partial charge in [-0.15, -0.1) is 0 Å². The van der Waals surface area contributed by atoms with Crippen molar-refractivity contribution in [3.8, 4) is 0 Å². The number of aliphatic hydroxyl groups is 1. The average Bonchev–Trinajstić information content (AvgIpc) is 3.10. The zero-order valence-electron chi connectivity index (χ0n) is 22.9. The standard InChI is InChI=1S/C22H33ClF3N4O10P/c1-9(2)38-18(33)11(5)28-41(36,29-12(6)19(34)39-10(3)4)37-8-22(20(25)26)15(31)14(24)17(40-22)30-7-13(23)16(32)27-21(30)35/h7,9-12,14-15,17,20,31H,8H2,1-6H3,(H,27,32,35)(H2,28,29,36). The summed E-state index contributed by atoms with van der Waals surface area (Å²) in [6, 6.07) is -2.77. The largest absolute Gasteiger partial charge is 0.462 e. The Morgan fingerprint density at radius 2 is 1.61 bits per heavy atom. The van der Waals surface area contributed by atoms with E-state index < -0.39 is 97.3 Å². The number of aromatic nitrogens is 2. The second kappa shape index (κ2) is 13.8. The summed E-state index contributed by atoms with van der Waals surface area (Å²) < 4.78 is 78.5. The van der Waals surface area contributed by atoms with Gasteiger partial charge in [0.05, 0.1) is 18.8 Å². The first kappa shape index (κ1) is 34.9. The fraction of sp³-hybridized carbons (Fsp3) is 0.727. The molecule has 4 N–H and O–H groups in total. The lowest BCUT2D eigenvalue weighted by molar-refractivity contribution is -0.192. The van der Waals surface area contributed by atoms with Crippen molar-refractivity contribution in [3.63, 3.8) is 0 Å². The molecule has 6 atom stereocenters. The Bertz CT molecular complexity index is 1230. The molecular weight excluding hydrogens is 604 g/mol. The van der Waals surface area contributed by atoms with Crippen LogP contribution in [0.1, 0.15) is 47.8 Å². The summed E-state index contributed by atoms with van der Waals surface area (Å²) in [7, 11) is -4.71. The summed E-state index contributed by atoms with van der Waals surface area (Å²) in [4.78, 5) is 50.1. The normalized spacial score (nSPS) is 25.8. The molecule has 41 heavy (non-hydrogen) atoms. The Labute approximate surface area is 237 Å². The van der Waals surface area contributed by atoms with E-state index in [-0.39, 0.29) is 0 Å². The molecule has 6 unspecified atom stereocenters. The highest BCUT2D eigenvalue weighted by molar-refractivity contribution is 7.54. The highest BCUT2D eigenvalue weighted by atomic mass is 35.5. The molecule has 2 heterocycles. The van der Waals surface area contributed by atoms with Crippen LogP contribution >= 0.6 is 19.3 Å². The lowest BCUT2D eigenvalue weighted by atomic mass is 9.97. The molecule has 1 aromatic rings. The number of aromatic amines is 1. The number of alkyl halides is 3. The van der Waals surface area contributed by atoms with Crippen LogP contribution in [-0.4, -0.2) is 81.8 Å². The maximum absolute atomic E-state index is 15.1. The summed E-state index contributed by atoms with van der Waals surface area (Å²) in [5.41, 5.74) is -5.55. The maximum atomic E-state index is 15.1. The zero-order chi connectivity index (χ0) is 31.4. The predicted octanol–water partition coefficient (Wildman–Crippen LogP) is 1.41. The molecule has 0 radical (unpaired) electrons. The fourth-order valence-electron chi connectivity index (χ4n) is 3.60. The summed E-state index contributed by atoms with van der Waals surface area (Å²) >= 11 is 5.67. The number of nitrogens with zero attached hydrogens (tertiary/aromatic N) is 1. The van der Waals surface area contributed by atoms with E-state index >= 15 is 4.39 Å². The molecule has 1 fully saturated rings. The number of esters is 2. The number of carbonyl (C=O) groups is 2. The quantitative estimate of drug-likeness (QED) is 0.180. The first-order chi connectivity index (χ1) is 18.8. The van der Waals surface area contributed by atoms with Gasteiger partial charge in [-0.1, -0.05) is 11.6 Å². The predicted molar refractivity (Wildman–Crippen MR) is 137 cm³/mol. The minimum atomic E-state index is -4.71. The number of aliphatic hydroxyl groups excluding tert-OH is 1. The molecule has 19 heteroatoms. The molecule has 0 aliphatic carbocycles. The van der Waals surface area contributed by atoms with Crippen LogP contribution in [0.4, 0.5) is 13.2 Å². The van der Waals surface area contributed by atoms with E-state index in [2.05, 4.69) is 10.2 Å². The van der Waals surface area contributed by atoms with Gasteiger partial charge in [-0.3, -0.25) is 28.5 Å². The van der Waals surface area contributed by atoms with Crippen LogP contribution in [-0.2, 0) is 32.9 Å². The minimum Gasteiger partial charge on any atom is -0.462 e. The Morgan fingerprint density at radius 3 is 2.05 bits per heavy atom. The Hall–Kier alpha value is -2.27. The van der Waals surface area contributed by atoms with E-state index in [0.29, 0.717) is 10.8 Å². The number of ether oxygens (including phenoxy) is 3. The monoisotopic (exact) mass is 636 g/mol. The molecule has 0 bridgehead atoms. The van der Waals surface area contributed by atoms with Crippen LogP contribution in [0.3, 0.4) is 0 Å². The summed E-state index contributed by atoms with van der Waals surface area (Å²) in [5, 5.41) is 14.4. The summed E-state index contributed by atoms with van der Waals surface area (Å²) in [5.74, 6) is -1.83. The van der Waals surface area contributed by atoms with Crippen LogP contribution in [0.15, 0.2) is 15.8 Å². The first-order valence-electron chi connectivity index (χ1n) is 12.3. The van der Waals surface area contributed by atoms with E-state index in [1.54, 1.807) is 32.7 Å². The van der Waals surface area contributed by atoms with Gasteiger partial charge in [0, 0.05) is 6.20 Å². The molecule has 1 aliphatic heterocycles. The molecule has 1 saturated heterocycles. The van der Waals surface area contributed by atoms with Crippen LogP contribution in [0.25, 0.3) is 0 Å². The maximum Gasteiger partial charge on any atom is 0.342 e. The SMILES string of the molecule is CC(C)OC(=O)C(C)NP(=O)(NC(C)C(=O)OC(C)C)OCC1(C(F)F)OC(n2cc(Cl)c(=O)[nH]c2=O)C(F)C1O. The number of H-pyrrole nitrogens is 1. The van der Waals surface area contributed by atoms with Crippen molar-refractivity contribution >= 4 is 31.2 Å². The van der Waals surface area contributed by atoms with E-state index in [1.165, 1.54) is 13.8 Å². The van der Waals surface area contributed by atoms with Gasteiger partial charge in [0.25, 0.3) is 12.0 Å². The number of rotatable bonds is 13. The van der Waals surface area contributed by atoms with Crippen LogP contribution in [0.2, 0.25) is 5.02 Å². The van der Waals surface area contributed by atoms with Crippen molar-refractivity contribution in [1.82, 2.24) is 19.7 Å². The second-order valence-corrected chi connectivity index (χ2v) is 12.1. The molecule has 0 saturated carbocycles. The zero-order valence-corrected chi connectivity index (χ0v) is 24.6. The van der Waals surface area contributed by atoms with Gasteiger partial charge >= 0.3 is 25.3 Å². The first-order valence-corrected chi connectivity index (χ1v) is 14.3. The molecule has 2 rings (SSSR count). The van der Waals surface area contributed by atoms with Gasteiger partial charge in [-0.25, -0.2) is 28.1 Å². The van der Waals surface area contributed by atoms with Gasteiger partial charge in [0.2, 0.25) is 0 Å². The van der Waals surface area contributed by atoms with E-state index in [1.807, 2.05) is 0 Å². The highest BCUT2D eigenvalue weighted by Gasteiger charge is 2.62. The van der Waals surface area contributed by atoms with Crippen LogP contribution in [0.5, 0.6) is 0 Å². The van der Waals surface area contributed by atoms with E-state index in [9.17, 15) is 37.6 Å². The Morgan fingerprint density at radius 1 is 1.12 bits per heavy atom. The van der Waals surface area contributed by atoms with Crippen LogP contribution in [0, 0.1) is 0 Å². The third-order valence-electron chi connectivity index (χ3n) is 5.59. The van der Waals surface area contributed by atoms with E-state index in [4.69, 9.17) is 30.3 Å². The smallest absolute Gasteiger partial charge is 0.342 e. The number of hydrogen-bond donors (Lipinski definition) is 4. The van der Waals surface area contributed by atoms with Crippen molar-refractivity contribution in [3.05, 3.63) is 32.1 Å². The van der Waals surface area contributed by atoms with Gasteiger partial charge < -0.3 is 23.8 Å². The third-order valence-corrected chi connectivity index (χ3v) is 7.81. The molecule has 0 spiro atoms. The van der Waals surface area contributed by atoms with Crippen molar-refractivity contribution in [1.29, 1.82) is 0 Å². The molecule has 0 amide bonds. The number of halogens is 4. The van der Waals surface area contributed by atoms with Crippen molar-refractivity contribution < 1.29 is 51.2 Å². The van der Waals surface area contributed by atoms with Gasteiger partial charge in [-0.05, 0) is 41.5 Å². The number of nitrogens with one attached hydrogen (secondary N) is 3. The van der Waals surface area contributed by atoms with Gasteiger partial charge in [-0.2, -0.15) is 0 Å². The fourth-order valence-corrected chi connectivity index (χ4v) is 5.59. The molecule has 14 nitrogen and oxygen atoms in total. The average molecular weight is 637 g/mol. The van der Waals surface area contributed by atoms with E-state index in [0.717, 1.165) is 0 Å². The lowest BCUT2D eigenvalue weighted by Crippen LogP contribution is -2.53. The molecule has 1 aliphatic rings. The summed E-state index contributed by atoms with van der Waals surface area (Å²) in [6.07, 6.45) is -11.8. The Balaban J connectivity index is 2.42. The van der Waals surface area contributed by atoms with Crippen molar-refractivity contribution in [2.45, 2.75) is 96.4 Å². The second-order valence-electron chi connectivity index (χ2n) is 9.79. The molecule has 1 aromatic heterocycles. The van der Waals surface area contributed by atoms with Crippen molar-refractivity contribution in [2.24, 2.45) is 0 Å². The number of carbonyl (C=O) groups excluding carboxylic acids is 2. The Kier molecular flexibility index (Phi) is 11.8. The third kappa shape index (κ3) is 8.40. The molecular formula is C22H33ClF3N4O10P. The lowest BCUT2D eigenvalue weighted by Gasteiger charge is -2.33. The van der Waals surface area contributed by atoms with Gasteiger partial charge in [0.1, 0.15) is 23.2 Å². The molecule has 234 valence electrons. The molecule has 0 aromatic carbocycles. The number of hydrogen-bond acceptors (Lipinski definition) is 10. The minimum absolute atomic E-state index is 0.353. The summed E-state index contributed by atoms with van der Waals surface area (Å²) in [6.45, 7) is 7.10. The topological polar surface area (TPSA) is 187 Å². The van der Waals surface area contributed by atoms with Crippen LogP contribution < -0.4 is 21.4 Å². The van der Waals surface area contributed by atoms with Gasteiger partial charge in [0.15, 0.2) is 18.0 Å². The van der Waals surface area contributed by atoms with Crippen molar-refractivity contribution in [2.75, 3.05) is 6.61 Å².